The maximum Gasteiger partial charge on any atom is 0.433 e. The van der Waals surface area contributed by atoms with E-state index in [1.807, 2.05) is 19.1 Å². The molecule has 0 fully saturated rings. The Hall–Kier alpha value is -3.10. The molecule has 0 N–H and O–H groups in total. The monoisotopic (exact) mass is 395 g/mol. The minimum absolute atomic E-state index is 0.0337. The van der Waals surface area contributed by atoms with E-state index in [2.05, 4.69) is 9.97 Å². The van der Waals surface area contributed by atoms with Gasteiger partial charge in [-0.05, 0) is 25.1 Å². The first kappa shape index (κ1) is 18.3. The second-order valence-electron chi connectivity index (χ2n) is 6.34. The largest absolute Gasteiger partial charge is 0.433 e. The van der Waals surface area contributed by atoms with Crippen LogP contribution in [0.25, 0.3) is 27.9 Å². The van der Waals surface area contributed by atoms with E-state index in [0.717, 1.165) is 16.0 Å². The van der Waals surface area contributed by atoms with Crippen LogP contribution in [0.4, 0.5) is 26.3 Å². The van der Waals surface area contributed by atoms with E-state index in [1.165, 1.54) is 12.3 Å². The summed E-state index contributed by atoms with van der Waals surface area (Å²) in [5.74, 6) is 0. The van der Waals surface area contributed by atoms with Gasteiger partial charge in [0.05, 0.1) is 11.3 Å². The summed E-state index contributed by atoms with van der Waals surface area (Å²) in [5, 5.41) is -0.430. The van der Waals surface area contributed by atoms with Crippen molar-refractivity contribution >= 4 is 16.7 Å². The Morgan fingerprint density at radius 2 is 1.50 bits per heavy atom. The highest BCUT2D eigenvalue weighted by Gasteiger charge is 2.39. The van der Waals surface area contributed by atoms with Gasteiger partial charge in [0.15, 0.2) is 0 Å². The van der Waals surface area contributed by atoms with Crippen molar-refractivity contribution in [3.05, 3.63) is 65.5 Å². The van der Waals surface area contributed by atoms with Crippen LogP contribution in [-0.2, 0) is 12.4 Å². The van der Waals surface area contributed by atoms with Crippen molar-refractivity contribution in [1.29, 1.82) is 0 Å². The molecule has 0 aliphatic heterocycles. The number of fused-ring (bicyclic) bond motifs is 3. The van der Waals surface area contributed by atoms with Crippen molar-refractivity contribution in [2.24, 2.45) is 0 Å². The maximum absolute atomic E-state index is 13.4. The molecule has 9 heteroatoms. The van der Waals surface area contributed by atoms with E-state index < -0.39 is 34.6 Å². The Morgan fingerprint density at radius 3 is 2.11 bits per heavy atom. The molecule has 0 saturated heterocycles. The van der Waals surface area contributed by atoms with E-state index >= 15 is 0 Å². The summed E-state index contributed by atoms with van der Waals surface area (Å²) in [6.07, 6.45) is -8.60. The number of hydrogen-bond donors (Lipinski definition) is 0. The fourth-order valence-electron chi connectivity index (χ4n) is 2.97. The first-order valence-corrected chi connectivity index (χ1v) is 8.08. The topological polar surface area (TPSA) is 30.2 Å². The van der Waals surface area contributed by atoms with Crippen LogP contribution >= 0.6 is 0 Å². The van der Waals surface area contributed by atoms with Gasteiger partial charge in [-0.1, -0.05) is 29.8 Å². The first-order chi connectivity index (χ1) is 13.0. The first-order valence-electron chi connectivity index (χ1n) is 8.08. The average molecular weight is 395 g/mol. The van der Waals surface area contributed by atoms with Crippen LogP contribution in [0.5, 0.6) is 0 Å². The van der Waals surface area contributed by atoms with Crippen molar-refractivity contribution in [2.45, 2.75) is 19.3 Å². The summed E-state index contributed by atoms with van der Waals surface area (Å²) < 4.78 is 80.7. The van der Waals surface area contributed by atoms with Crippen LogP contribution in [-0.4, -0.2) is 14.4 Å². The van der Waals surface area contributed by atoms with Gasteiger partial charge in [0, 0.05) is 17.1 Å². The summed E-state index contributed by atoms with van der Waals surface area (Å²) in [4.78, 5) is 7.77. The van der Waals surface area contributed by atoms with Crippen molar-refractivity contribution in [3.63, 3.8) is 0 Å². The Morgan fingerprint density at radius 1 is 0.821 bits per heavy atom. The highest BCUT2D eigenvalue weighted by molar-refractivity contribution is 5.84. The van der Waals surface area contributed by atoms with Gasteiger partial charge < -0.3 is 0 Å². The zero-order valence-electron chi connectivity index (χ0n) is 14.2. The number of pyridine rings is 2. The molecule has 0 aliphatic carbocycles. The molecule has 3 heterocycles. The fraction of sp³-hybridized carbons (Fsp3) is 0.158. The third-order valence-corrected chi connectivity index (χ3v) is 4.34. The summed E-state index contributed by atoms with van der Waals surface area (Å²) >= 11 is 0. The molecule has 0 amide bonds. The molecular formula is C19H11F6N3. The van der Waals surface area contributed by atoms with Crippen molar-refractivity contribution in [1.82, 2.24) is 14.4 Å². The van der Waals surface area contributed by atoms with Crippen LogP contribution in [0.3, 0.4) is 0 Å². The van der Waals surface area contributed by atoms with Gasteiger partial charge in [-0.3, -0.25) is 4.40 Å². The number of halogens is 6. The molecule has 1 aromatic carbocycles. The number of alkyl halides is 6. The lowest BCUT2D eigenvalue weighted by atomic mass is 10.1. The van der Waals surface area contributed by atoms with Gasteiger partial charge in [0.1, 0.15) is 17.0 Å². The summed E-state index contributed by atoms with van der Waals surface area (Å²) in [6.45, 7) is 1.89. The standard InChI is InChI=1S/C19H11F6N3/c1-10-2-4-11(5-3-10)14-9-28-16(26-14)7-6-12-13(18(20,21)22)8-15(19(23,24)25)27-17(12)28/h2-9H,1H3. The Kier molecular flexibility index (Phi) is 3.88. The molecule has 3 aromatic heterocycles. The number of aromatic nitrogens is 3. The molecule has 0 aliphatic rings. The molecule has 0 unspecified atom stereocenters. The van der Waals surface area contributed by atoms with Crippen molar-refractivity contribution in [3.8, 4) is 11.3 Å². The molecule has 3 nitrogen and oxygen atoms in total. The van der Waals surface area contributed by atoms with E-state index in [9.17, 15) is 26.3 Å². The Labute approximate surface area is 154 Å². The minimum atomic E-state index is -5.02. The van der Waals surface area contributed by atoms with Gasteiger partial charge >= 0.3 is 12.4 Å². The highest BCUT2D eigenvalue weighted by Crippen LogP contribution is 2.39. The molecule has 0 atom stereocenters. The van der Waals surface area contributed by atoms with Crippen LogP contribution < -0.4 is 0 Å². The molecule has 0 spiro atoms. The van der Waals surface area contributed by atoms with Gasteiger partial charge in [-0.15, -0.1) is 0 Å². The van der Waals surface area contributed by atoms with Crippen LogP contribution in [0.1, 0.15) is 16.8 Å². The SMILES string of the molecule is Cc1ccc(-c2cn3c(ccc4c(C(F)(F)F)cc(C(F)(F)F)nc43)n2)cc1. The van der Waals surface area contributed by atoms with E-state index in [4.69, 9.17) is 0 Å². The van der Waals surface area contributed by atoms with E-state index in [-0.39, 0.29) is 11.7 Å². The van der Waals surface area contributed by atoms with Gasteiger partial charge in [-0.2, -0.15) is 26.3 Å². The van der Waals surface area contributed by atoms with Gasteiger partial charge in [0.2, 0.25) is 0 Å². The fourth-order valence-corrected chi connectivity index (χ4v) is 2.97. The predicted molar refractivity (Wildman–Crippen MR) is 90.7 cm³/mol. The number of imidazole rings is 1. The lowest BCUT2D eigenvalue weighted by Gasteiger charge is -2.14. The van der Waals surface area contributed by atoms with Crippen molar-refractivity contribution in [2.75, 3.05) is 0 Å². The van der Waals surface area contributed by atoms with Gasteiger partial charge in [0.25, 0.3) is 0 Å². The normalized spacial score (nSPS) is 12.8. The molecule has 0 saturated carbocycles. The molecular weight excluding hydrogens is 384 g/mol. The second kappa shape index (κ2) is 5.95. The summed E-state index contributed by atoms with van der Waals surface area (Å²) in [7, 11) is 0. The third kappa shape index (κ3) is 3.06. The van der Waals surface area contributed by atoms with Crippen LogP contribution in [0, 0.1) is 6.92 Å². The average Bonchev–Trinajstić information content (AvgIpc) is 3.04. The lowest BCUT2D eigenvalue weighted by Crippen LogP contribution is -2.14. The Balaban J connectivity index is 2.04. The van der Waals surface area contributed by atoms with Crippen LogP contribution in [0.2, 0.25) is 0 Å². The van der Waals surface area contributed by atoms with Gasteiger partial charge in [-0.25, -0.2) is 9.97 Å². The van der Waals surface area contributed by atoms with E-state index in [1.54, 1.807) is 12.1 Å². The molecule has 4 rings (SSSR count). The highest BCUT2D eigenvalue weighted by atomic mass is 19.4. The van der Waals surface area contributed by atoms with E-state index in [0.29, 0.717) is 11.3 Å². The third-order valence-electron chi connectivity index (χ3n) is 4.34. The molecule has 144 valence electrons. The maximum atomic E-state index is 13.4. The zero-order chi connectivity index (χ0) is 20.3. The Bertz CT molecular complexity index is 1190. The molecule has 4 aromatic rings. The smallest absolute Gasteiger partial charge is 0.283 e. The van der Waals surface area contributed by atoms with Crippen LogP contribution in [0.15, 0.2) is 48.7 Å². The molecule has 0 bridgehead atoms. The second-order valence-corrected chi connectivity index (χ2v) is 6.34. The quantitative estimate of drug-likeness (QED) is 0.376. The number of nitrogens with zero attached hydrogens (tertiary/aromatic N) is 3. The predicted octanol–water partition coefficient (Wildman–Crippen LogP) is 5.90. The molecule has 0 radical (unpaired) electrons. The number of aryl methyl sites for hydroxylation is 1. The zero-order valence-corrected chi connectivity index (χ0v) is 14.2. The summed E-state index contributed by atoms with van der Waals surface area (Å²) in [6, 6.07) is 9.66. The minimum Gasteiger partial charge on any atom is -0.283 e. The number of hydrogen-bond acceptors (Lipinski definition) is 2. The summed E-state index contributed by atoms with van der Waals surface area (Å²) in [5.41, 5.74) is -1.15. The number of rotatable bonds is 1. The number of benzene rings is 1. The molecule has 28 heavy (non-hydrogen) atoms. The van der Waals surface area contributed by atoms with Crippen molar-refractivity contribution < 1.29 is 26.3 Å². The lowest BCUT2D eigenvalue weighted by molar-refractivity contribution is -0.144.